The van der Waals surface area contributed by atoms with Crippen LogP contribution in [-0.2, 0) is 15.9 Å². The molecule has 2 aromatic heterocycles. The van der Waals surface area contributed by atoms with Gasteiger partial charge in [-0.15, -0.1) is 10.2 Å². The van der Waals surface area contributed by atoms with E-state index in [2.05, 4.69) is 20.6 Å². The van der Waals surface area contributed by atoms with Crippen molar-refractivity contribution in [2.45, 2.75) is 68.6 Å². The van der Waals surface area contributed by atoms with Gasteiger partial charge >= 0.3 is 0 Å². The lowest BCUT2D eigenvalue weighted by molar-refractivity contribution is -0.212. The van der Waals surface area contributed by atoms with Crippen molar-refractivity contribution in [3.05, 3.63) is 47.7 Å². The number of aromatic nitrogens is 6. The first-order chi connectivity index (χ1) is 17.8. The molecule has 3 aliphatic rings. The molecule has 10 nitrogen and oxygen atoms in total. The summed E-state index contributed by atoms with van der Waals surface area (Å²) < 4.78 is 56.3. The van der Waals surface area contributed by atoms with E-state index in [0.29, 0.717) is 23.6 Å². The lowest BCUT2D eigenvalue weighted by Gasteiger charge is -2.43. The Bertz CT molecular complexity index is 1290. The molecule has 1 aliphatic heterocycles. The number of ether oxygens (including phenoxy) is 2. The summed E-state index contributed by atoms with van der Waals surface area (Å²) in [4.78, 5) is 0. The van der Waals surface area contributed by atoms with E-state index in [9.17, 15) is 23.4 Å². The maximum Gasteiger partial charge on any atom is 0.195 e. The molecule has 0 radical (unpaired) electrons. The van der Waals surface area contributed by atoms with E-state index >= 15 is 0 Å². The monoisotopic (exact) mass is 520 g/mol. The second-order valence-electron chi connectivity index (χ2n) is 10.3. The van der Waals surface area contributed by atoms with Gasteiger partial charge < -0.3 is 19.7 Å². The first-order valence-electron chi connectivity index (χ1n) is 12.3. The van der Waals surface area contributed by atoms with Gasteiger partial charge in [0.25, 0.3) is 0 Å². The first kappa shape index (κ1) is 24.5. The van der Waals surface area contributed by atoms with Crippen molar-refractivity contribution in [2.24, 2.45) is 5.41 Å². The Morgan fingerprint density at radius 1 is 1.05 bits per heavy atom. The van der Waals surface area contributed by atoms with Crippen LogP contribution in [-0.4, -0.2) is 78.3 Å². The van der Waals surface area contributed by atoms with Crippen LogP contribution in [0.1, 0.15) is 43.5 Å². The van der Waals surface area contributed by atoms with Gasteiger partial charge in [-0.1, -0.05) is 10.4 Å². The van der Waals surface area contributed by atoms with Crippen molar-refractivity contribution >= 4 is 0 Å². The maximum atomic E-state index is 14.3. The Kier molecular flexibility index (Phi) is 6.05. The molecule has 1 spiro atoms. The van der Waals surface area contributed by atoms with Crippen molar-refractivity contribution in [3.63, 3.8) is 0 Å². The Labute approximate surface area is 210 Å². The molecular formula is C24H27F3N6O4. The molecule has 3 fully saturated rings. The Morgan fingerprint density at radius 3 is 2.51 bits per heavy atom. The highest BCUT2D eigenvalue weighted by Gasteiger charge is 2.54. The number of nitrogens with zero attached hydrogens (tertiary/aromatic N) is 6. The number of methoxy groups -OCH3 is 1. The summed E-state index contributed by atoms with van der Waals surface area (Å²) >= 11 is 0. The van der Waals surface area contributed by atoms with Gasteiger partial charge in [-0.2, -0.15) is 0 Å². The number of hydrogen-bond acceptors (Lipinski definition) is 8. The molecule has 0 amide bonds. The van der Waals surface area contributed by atoms with E-state index in [-0.39, 0.29) is 11.3 Å². The summed E-state index contributed by atoms with van der Waals surface area (Å²) in [7, 11) is 1.45. The minimum atomic E-state index is -1.62. The van der Waals surface area contributed by atoms with Gasteiger partial charge in [-0.05, 0) is 43.2 Å². The highest BCUT2D eigenvalue weighted by Crippen LogP contribution is 2.64. The molecule has 198 valence electrons. The van der Waals surface area contributed by atoms with Gasteiger partial charge in [0.05, 0.1) is 30.6 Å². The van der Waals surface area contributed by atoms with Crippen LogP contribution in [0.3, 0.4) is 0 Å². The number of hydrogen-bond donors (Lipinski definition) is 2. The molecular weight excluding hydrogens is 493 g/mol. The second-order valence-corrected chi connectivity index (χ2v) is 10.3. The van der Waals surface area contributed by atoms with Crippen LogP contribution in [0.2, 0.25) is 0 Å². The fourth-order valence-corrected chi connectivity index (χ4v) is 5.70. The molecule has 37 heavy (non-hydrogen) atoms. The molecule has 13 heteroatoms. The molecule has 6 rings (SSSR count). The number of halogens is 3. The van der Waals surface area contributed by atoms with Crippen molar-refractivity contribution < 1.29 is 32.9 Å². The van der Waals surface area contributed by atoms with Gasteiger partial charge in [0, 0.05) is 25.3 Å². The summed E-state index contributed by atoms with van der Waals surface area (Å²) in [5, 5.41) is 37.4. The zero-order chi connectivity index (χ0) is 25.9. The molecule has 3 heterocycles. The van der Waals surface area contributed by atoms with E-state index in [0.717, 1.165) is 25.0 Å². The van der Waals surface area contributed by atoms with E-state index in [1.54, 1.807) is 0 Å². The molecule has 2 N–H and O–H groups in total. The predicted molar refractivity (Wildman–Crippen MR) is 121 cm³/mol. The molecule has 1 aromatic carbocycles. The largest absolute Gasteiger partial charge is 0.394 e. The third-order valence-electron chi connectivity index (χ3n) is 8.00. The fraction of sp³-hybridized carbons (Fsp3) is 0.583. The summed E-state index contributed by atoms with van der Waals surface area (Å²) in [6.07, 6.45) is 4.70. The van der Waals surface area contributed by atoms with E-state index in [4.69, 9.17) is 9.47 Å². The quantitative estimate of drug-likeness (QED) is 0.454. The third-order valence-corrected chi connectivity index (χ3v) is 8.00. The van der Waals surface area contributed by atoms with Crippen LogP contribution >= 0.6 is 0 Å². The summed E-state index contributed by atoms with van der Waals surface area (Å²) in [5.74, 6) is -4.32. The Balaban J connectivity index is 1.25. The Hall–Kier alpha value is -2.87. The minimum Gasteiger partial charge on any atom is -0.394 e. The van der Waals surface area contributed by atoms with Crippen molar-refractivity contribution in [3.8, 4) is 11.3 Å². The van der Waals surface area contributed by atoms with Crippen molar-refractivity contribution in [1.29, 1.82) is 0 Å². The van der Waals surface area contributed by atoms with Gasteiger partial charge in [-0.25, -0.2) is 22.5 Å². The van der Waals surface area contributed by atoms with Crippen molar-refractivity contribution in [2.75, 3.05) is 13.7 Å². The van der Waals surface area contributed by atoms with E-state index in [1.807, 2.05) is 10.9 Å². The van der Waals surface area contributed by atoms with E-state index in [1.165, 1.54) is 30.8 Å². The summed E-state index contributed by atoms with van der Waals surface area (Å²) in [6.45, 7) is -0.471. The number of aliphatic hydroxyl groups excluding tert-OH is 2. The van der Waals surface area contributed by atoms with E-state index < -0.39 is 54.5 Å². The van der Waals surface area contributed by atoms with Crippen LogP contribution < -0.4 is 0 Å². The Morgan fingerprint density at radius 2 is 1.81 bits per heavy atom. The molecule has 3 aromatic rings. The average Bonchev–Trinajstić information content (AvgIpc) is 3.31. The van der Waals surface area contributed by atoms with Crippen molar-refractivity contribution in [1.82, 2.24) is 30.0 Å². The molecule has 5 atom stereocenters. The van der Waals surface area contributed by atoms with Gasteiger partial charge in [-0.3, -0.25) is 0 Å². The standard InChI is InChI=1S/C24H27F3N6O4/c1-36-23-17(6-12-9-32(30-28-12)13-7-24(8-13)4-5-24)37-18(11-34)22(35)21(23)33-10-16(29-31-33)14-2-3-15(25)20(27)19(14)26/h2-3,9-10,13,17-18,21-23,34-35H,4-8,11H2,1H3/t17-,18-,21+,22+,23+/m1/s1. The lowest BCUT2D eigenvalue weighted by atomic mass is 9.77. The summed E-state index contributed by atoms with van der Waals surface area (Å²) in [5.41, 5.74) is 0.871. The number of rotatable bonds is 7. The predicted octanol–water partition coefficient (Wildman–Crippen LogP) is 1.99. The average molecular weight is 521 g/mol. The molecule has 1 saturated heterocycles. The van der Waals surface area contributed by atoms with Crippen LogP contribution in [0.15, 0.2) is 24.5 Å². The van der Waals surface area contributed by atoms with Gasteiger partial charge in [0.15, 0.2) is 17.5 Å². The SMILES string of the molecule is CO[C@@H]1[C@@H](n2cc(-c3ccc(F)c(F)c3F)nn2)[C@@H](O)[C@@H](CO)O[C@@H]1Cc1cn(C2CC3(CC3)C2)nn1. The van der Waals surface area contributed by atoms with Crippen LogP contribution in [0.4, 0.5) is 13.2 Å². The van der Waals surface area contributed by atoms with Crippen LogP contribution in [0.5, 0.6) is 0 Å². The second kappa shape index (κ2) is 9.15. The van der Waals surface area contributed by atoms with Gasteiger partial charge in [0.1, 0.15) is 30.0 Å². The molecule has 2 aliphatic carbocycles. The number of aliphatic hydroxyl groups is 2. The highest BCUT2D eigenvalue weighted by molar-refractivity contribution is 5.58. The van der Waals surface area contributed by atoms with Crippen LogP contribution in [0, 0.1) is 22.9 Å². The normalized spacial score (nSPS) is 29.0. The highest BCUT2D eigenvalue weighted by atomic mass is 19.2. The number of benzene rings is 1. The zero-order valence-corrected chi connectivity index (χ0v) is 20.0. The molecule has 2 saturated carbocycles. The lowest BCUT2D eigenvalue weighted by Crippen LogP contribution is -2.57. The van der Waals surface area contributed by atoms with Crippen LogP contribution in [0.25, 0.3) is 11.3 Å². The van der Waals surface area contributed by atoms with Gasteiger partial charge in [0.2, 0.25) is 0 Å². The first-order valence-corrected chi connectivity index (χ1v) is 12.3. The third kappa shape index (κ3) is 4.23. The molecule has 0 bridgehead atoms. The minimum absolute atomic E-state index is 0.0566. The maximum absolute atomic E-state index is 14.3. The summed E-state index contributed by atoms with van der Waals surface area (Å²) in [6, 6.07) is 1.32. The molecule has 0 unspecified atom stereocenters. The smallest absolute Gasteiger partial charge is 0.195 e. The zero-order valence-electron chi connectivity index (χ0n) is 20.0. The topological polar surface area (TPSA) is 120 Å². The fourth-order valence-electron chi connectivity index (χ4n) is 5.70.